The van der Waals surface area contributed by atoms with E-state index in [1.165, 1.54) is 17.1 Å². The van der Waals surface area contributed by atoms with Crippen LogP contribution in [0.5, 0.6) is 0 Å². The van der Waals surface area contributed by atoms with Crippen LogP contribution in [0.15, 0.2) is 0 Å². The predicted molar refractivity (Wildman–Crippen MR) is 40.3 cm³/mol. The lowest BCUT2D eigenvalue weighted by atomic mass is 10.4. The van der Waals surface area contributed by atoms with Crippen molar-refractivity contribution < 1.29 is 8.42 Å². The van der Waals surface area contributed by atoms with Gasteiger partial charge in [-0.25, -0.2) is 12.7 Å². The van der Waals surface area contributed by atoms with Gasteiger partial charge in [0.2, 0.25) is 10.9 Å². The van der Waals surface area contributed by atoms with Crippen LogP contribution in [0.1, 0.15) is 19.8 Å². The maximum absolute atomic E-state index is 10.5. The molecule has 3 nitrogen and oxygen atoms in total. The van der Waals surface area contributed by atoms with Gasteiger partial charge in [-0.05, 0) is 18.8 Å². The normalized spacial score (nSPS) is 18.7. The minimum absolute atomic E-state index is 0.620. The summed E-state index contributed by atoms with van der Waals surface area (Å²) >= 11 is 0. The summed E-state index contributed by atoms with van der Waals surface area (Å²) in [7, 11) is -2.32. The van der Waals surface area contributed by atoms with Crippen molar-refractivity contribution in [1.82, 2.24) is 4.31 Å². The summed E-state index contributed by atoms with van der Waals surface area (Å²) < 4.78 is 22.4. The summed E-state index contributed by atoms with van der Waals surface area (Å²) in [5.74, 6) is 0.660. The van der Waals surface area contributed by atoms with Crippen LogP contribution in [0.4, 0.5) is 0 Å². The number of rotatable bonds is 4. The minimum Gasteiger partial charge on any atom is -0.215 e. The van der Waals surface area contributed by atoms with Gasteiger partial charge >= 0.3 is 0 Å². The molecule has 0 aromatic heterocycles. The molecule has 0 N–H and O–H groups in total. The third-order valence-electron chi connectivity index (χ3n) is 1.76. The van der Waals surface area contributed by atoms with Crippen molar-refractivity contribution in [2.45, 2.75) is 19.8 Å². The molecule has 0 bridgehead atoms. The molecule has 0 heterocycles. The average Bonchev–Trinajstić information content (AvgIpc) is 2.64. The van der Waals surface area contributed by atoms with Gasteiger partial charge in [0.05, 0.1) is 0 Å². The zero-order valence-electron chi connectivity index (χ0n) is 6.12. The second kappa shape index (κ2) is 3.34. The van der Waals surface area contributed by atoms with E-state index in [-0.39, 0.29) is 0 Å². The molecule has 0 saturated heterocycles. The molecule has 1 rings (SSSR count). The molecule has 60 valence electrons. The predicted octanol–water partition coefficient (Wildman–Crippen LogP) is 0.245. The highest BCUT2D eigenvalue weighted by Crippen LogP contribution is 2.29. The maximum atomic E-state index is 10.5. The van der Waals surface area contributed by atoms with Gasteiger partial charge in [0, 0.05) is 13.1 Å². The van der Waals surface area contributed by atoms with E-state index in [1.807, 2.05) is 6.92 Å². The molecular formula is C6H13NO2S. The van der Waals surface area contributed by atoms with E-state index in [4.69, 9.17) is 0 Å². The van der Waals surface area contributed by atoms with Crippen molar-refractivity contribution in [1.29, 1.82) is 0 Å². The van der Waals surface area contributed by atoms with Gasteiger partial charge in [0.1, 0.15) is 0 Å². The van der Waals surface area contributed by atoms with E-state index in [0.29, 0.717) is 12.5 Å². The lowest BCUT2D eigenvalue weighted by molar-refractivity contribution is 0.426. The molecule has 0 aromatic carbocycles. The molecule has 1 fully saturated rings. The van der Waals surface area contributed by atoms with E-state index >= 15 is 0 Å². The van der Waals surface area contributed by atoms with Crippen LogP contribution in [0.3, 0.4) is 0 Å². The third-order valence-corrected chi connectivity index (χ3v) is 2.67. The van der Waals surface area contributed by atoms with Crippen LogP contribution in [0, 0.1) is 5.92 Å². The Bertz CT molecular complexity index is 167. The van der Waals surface area contributed by atoms with Crippen LogP contribution in [-0.4, -0.2) is 25.8 Å². The second-order valence-corrected chi connectivity index (χ2v) is 3.73. The van der Waals surface area contributed by atoms with Crippen molar-refractivity contribution in [3.05, 3.63) is 0 Å². The van der Waals surface area contributed by atoms with Gasteiger partial charge in [-0.1, -0.05) is 6.92 Å². The number of hydrogen-bond donors (Lipinski definition) is 1. The monoisotopic (exact) mass is 163 g/mol. The van der Waals surface area contributed by atoms with Crippen molar-refractivity contribution in [2.75, 3.05) is 13.1 Å². The Balaban J connectivity index is 2.31. The first-order chi connectivity index (χ1) is 4.74. The highest BCUT2D eigenvalue weighted by atomic mass is 32.2. The molecule has 0 aliphatic heterocycles. The molecule has 10 heavy (non-hydrogen) atoms. The molecule has 0 spiro atoms. The Kier molecular flexibility index (Phi) is 2.68. The molecule has 1 aliphatic rings. The maximum Gasteiger partial charge on any atom is 0.203 e. The molecular weight excluding hydrogens is 150 g/mol. The first-order valence-electron chi connectivity index (χ1n) is 3.63. The summed E-state index contributed by atoms with van der Waals surface area (Å²) in [5, 5.41) is 0. The van der Waals surface area contributed by atoms with Crippen LogP contribution in [0.2, 0.25) is 0 Å². The summed E-state index contributed by atoms with van der Waals surface area (Å²) in [6.45, 7) is 3.23. The lowest BCUT2D eigenvalue weighted by Crippen LogP contribution is -2.23. The molecule has 1 saturated carbocycles. The first kappa shape index (κ1) is 8.01. The second-order valence-electron chi connectivity index (χ2n) is 2.69. The van der Waals surface area contributed by atoms with Gasteiger partial charge in [0.25, 0.3) is 0 Å². The zero-order valence-corrected chi connectivity index (χ0v) is 7.01. The Morgan fingerprint density at radius 1 is 1.50 bits per heavy atom. The highest BCUT2D eigenvalue weighted by Gasteiger charge is 2.24. The van der Waals surface area contributed by atoms with E-state index in [9.17, 15) is 8.42 Å². The third kappa shape index (κ3) is 2.27. The zero-order chi connectivity index (χ0) is 7.56. The van der Waals surface area contributed by atoms with Gasteiger partial charge in [-0.3, -0.25) is 0 Å². The Morgan fingerprint density at radius 3 is 2.40 bits per heavy atom. The first-order valence-corrected chi connectivity index (χ1v) is 4.76. The molecule has 0 amide bonds. The van der Waals surface area contributed by atoms with Crippen molar-refractivity contribution in [2.24, 2.45) is 5.92 Å². The summed E-state index contributed by atoms with van der Waals surface area (Å²) in [6, 6.07) is 0. The van der Waals surface area contributed by atoms with E-state index < -0.39 is 10.9 Å². The van der Waals surface area contributed by atoms with Gasteiger partial charge < -0.3 is 0 Å². The quantitative estimate of drug-likeness (QED) is 0.603. The van der Waals surface area contributed by atoms with Crippen LogP contribution < -0.4 is 0 Å². The number of nitrogens with zero attached hydrogens (tertiary/aromatic N) is 1. The standard InChI is InChI=1S/C6H13NO2S/c1-2-7(10(8)9)5-6-3-4-6/h6,10H,2-5H2,1H3. The largest absolute Gasteiger partial charge is 0.215 e. The SMILES string of the molecule is CCN(CC1CC1)[SH](=O)=O. The molecule has 0 aromatic rings. The minimum atomic E-state index is -2.32. The van der Waals surface area contributed by atoms with Crippen LogP contribution in [0.25, 0.3) is 0 Å². The fourth-order valence-electron chi connectivity index (χ4n) is 0.910. The Hall–Kier alpha value is -0.0900. The summed E-state index contributed by atoms with van der Waals surface area (Å²) in [6.07, 6.45) is 2.42. The van der Waals surface area contributed by atoms with E-state index in [1.54, 1.807) is 0 Å². The highest BCUT2D eigenvalue weighted by molar-refractivity contribution is 7.69. The van der Waals surface area contributed by atoms with Gasteiger partial charge in [-0.2, -0.15) is 0 Å². The van der Waals surface area contributed by atoms with Crippen molar-refractivity contribution in [3.63, 3.8) is 0 Å². The van der Waals surface area contributed by atoms with E-state index in [2.05, 4.69) is 0 Å². The molecule has 1 aliphatic carbocycles. The molecule has 0 radical (unpaired) electrons. The number of thiol groups is 1. The Labute approximate surface area is 63.1 Å². The Morgan fingerprint density at radius 2 is 2.10 bits per heavy atom. The summed E-state index contributed by atoms with van der Waals surface area (Å²) in [4.78, 5) is 0. The lowest BCUT2D eigenvalue weighted by Gasteiger charge is -2.10. The average molecular weight is 163 g/mol. The molecule has 0 atom stereocenters. The van der Waals surface area contributed by atoms with E-state index in [0.717, 1.165) is 6.54 Å². The van der Waals surface area contributed by atoms with Gasteiger partial charge in [0.15, 0.2) is 0 Å². The van der Waals surface area contributed by atoms with Crippen LogP contribution >= 0.6 is 0 Å². The fraction of sp³-hybridized carbons (Fsp3) is 1.00. The van der Waals surface area contributed by atoms with Crippen LogP contribution in [-0.2, 0) is 10.9 Å². The van der Waals surface area contributed by atoms with Crippen molar-refractivity contribution in [3.8, 4) is 0 Å². The summed E-state index contributed by atoms with van der Waals surface area (Å²) in [5.41, 5.74) is 0. The number of hydrogen-bond acceptors (Lipinski definition) is 2. The van der Waals surface area contributed by atoms with Gasteiger partial charge in [-0.15, -0.1) is 0 Å². The van der Waals surface area contributed by atoms with Crippen molar-refractivity contribution >= 4 is 10.9 Å². The topological polar surface area (TPSA) is 37.4 Å². The smallest absolute Gasteiger partial charge is 0.203 e. The molecule has 0 unspecified atom stereocenters. The molecule has 4 heteroatoms. The fourth-order valence-corrected chi connectivity index (χ4v) is 1.50.